The lowest BCUT2D eigenvalue weighted by atomic mass is 10.2. The summed E-state index contributed by atoms with van der Waals surface area (Å²) < 4.78 is 0. The third-order valence-corrected chi connectivity index (χ3v) is 1.91. The van der Waals surface area contributed by atoms with Crippen LogP contribution in [0.2, 0.25) is 0 Å². The van der Waals surface area contributed by atoms with E-state index in [1.807, 2.05) is 0 Å². The molecule has 1 heterocycles. The van der Waals surface area contributed by atoms with Crippen molar-refractivity contribution in [3.8, 4) is 0 Å². The Morgan fingerprint density at radius 2 is 2.23 bits per heavy atom. The highest BCUT2D eigenvalue weighted by Crippen LogP contribution is 2.35. The molecular formula is C9H9NO3. The van der Waals surface area contributed by atoms with E-state index in [1.165, 1.54) is 6.92 Å². The van der Waals surface area contributed by atoms with E-state index in [0.717, 1.165) is 5.06 Å². The van der Waals surface area contributed by atoms with Crippen LogP contribution < -0.4 is 5.06 Å². The van der Waals surface area contributed by atoms with Crippen molar-refractivity contribution in [2.75, 3.05) is 5.06 Å². The summed E-state index contributed by atoms with van der Waals surface area (Å²) in [5, 5.41) is 10.5. The number of carbonyl (C=O) groups excluding carboxylic acids is 1. The number of benzene rings is 1. The van der Waals surface area contributed by atoms with Gasteiger partial charge in [0.15, 0.2) is 0 Å². The second-order valence-corrected chi connectivity index (χ2v) is 2.83. The molecule has 1 aromatic rings. The summed E-state index contributed by atoms with van der Waals surface area (Å²) in [4.78, 5) is 16.0. The van der Waals surface area contributed by atoms with Gasteiger partial charge in [-0.05, 0) is 6.07 Å². The number of nitrogens with zero attached hydrogens (tertiary/aromatic N) is 1. The van der Waals surface area contributed by atoms with Crippen LogP contribution in [0.25, 0.3) is 0 Å². The Labute approximate surface area is 75.3 Å². The Balaban J connectivity index is 2.47. The third kappa shape index (κ3) is 1.20. The van der Waals surface area contributed by atoms with Gasteiger partial charge in [-0.2, -0.15) is 5.06 Å². The number of anilines is 1. The number of para-hydroxylation sites is 1. The van der Waals surface area contributed by atoms with Crippen LogP contribution in [0.4, 0.5) is 5.69 Å². The van der Waals surface area contributed by atoms with E-state index in [9.17, 15) is 9.90 Å². The van der Waals surface area contributed by atoms with Crippen molar-refractivity contribution in [1.82, 2.24) is 0 Å². The SMILES string of the molecule is CC(=O)N1OC(O)c2ccccc21. The molecule has 1 N–H and O–H groups in total. The molecule has 1 unspecified atom stereocenters. The maximum atomic E-state index is 11.0. The maximum Gasteiger partial charge on any atom is 0.247 e. The molecule has 0 radical (unpaired) electrons. The molecule has 0 aromatic heterocycles. The largest absolute Gasteiger partial charge is 0.362 e. The highest BCUT2D eigenvalue weighted by atomic mass is 16.8. The number of aliphatic hydroxyl groups excluding tert-OH is 1. The van der Waals surface area contributed by atoms with Crippen LogP contribution in [0.3, 0.4) is 0 Å². The molecule has 4 heteroatoms. The summed E-state index contributed by atoms with van der Waals surface area (Å²) in [6.07, 6.45) is -1.03. The van der Waals surface area contributed by atoms with Crippen molar-refractivity contribution in [2.45, 2.75) is 13.2 Å². The van der Waals surface area contributed by atoms with Crippen LogP contribution >= 0.6 is 0 Å². The van der Waals surface area contributed by atoms with Gasteiger partial charge in [0.05, 0.1) is 5.69 Å². The van der Waals surface area contributed by atoms with Crippen molar-refractivity contribution in [3.05, 3.63) is 29.8 Å². The Hall–Kier alpha value is -1.39. The predicted octanol–water partition coefficient (Wildman–Crippen LogP) is 0.976. The van der Waals surface area contributed by atoms with Crippen LogP contribution in [-0.4, -0.2) is 11.0 Å². The molecule has 2 rings (SSSR count). The molecule has 1 atom stereocenters. The number of carbonyl (C=O) groups is 1. The number of hydrogen-bond donors (Lipinski definition) is 1. The van der Waals surface area contributed by atoms with E-state index in [2.05, 4.69) is 0 Å². The van der Waals surface area contributed by atoms with E-state index in [1.54, 1.807) is 24.3 Å². The molecule has 0 spiro atoms. The first kappa shape index (κ1) is 8.22. The van der Waals surface area contributed by atoms with Crippen LogP contribution in [0.5, 0.6) is 0 Å². The number of rotatable bonds is 0. The Morgan fingerprint density at radius 3 is 2.92 bits per heavy atom. The Bertz CT molecular complexity index is 350. The Morgan fingerprint density at radius 1 is 1.54 bits per heavy atom. The van der Waals surface area contributed by atoms with Crippen LogP contribution in [-0.2, 0) is 9.63 Å². The average molecular weight is 179 g/mol. The molecule has 1 aromatic carbocycles. The minimum Gasteiger partial charge on any atom is -0.362 e. The molecule has 68 valence electrons. The monoisotopic (exact) mass is 179 g/mol. The summed E-state index contributed by atoms with van der Waals surface area (Å²) >= 11 is 0. The van der Waals surface area contributed by atoms with E-state index < -0.39 is 6.29 Å². The molecule has 0 bridgehead atoms. The van der Waals surface area contributed by atoms with E-state index in [4.69, 9.17) is 4.84 Å². The van der Waals surface area contributed by atoms with Crippen LogP contribution in [0.15, 0.2) is 24.3 Å². The van der Waals surface area contributed by atoms with Crippen LogP contribution in [0.1, 0.15) is 18.8 Å². The van der Waals surface area contributed by atoms with Crippen molar-refractivity contribution in [2.24, 2.45) is 0 Å². The smallest absolute Gasteiger partial charge is 0.247 e. The number of amides is 1. The number of fused-ring (bicyclic) bond motifs is 1. The summed E-state index contributed by atoms with van der Waals surface area (Å²) in [5.41, 5.74) is 1.24. The first-order valence-electron chi connectivity index (χ1n) is 3.94. The lowest BCUT2D eigenvalue weighted by Gasteiger charge is -2.12. The molecule has 13 heavy (non-hydrogen) atoms. The zero-order valence-corrected chi connectivity index (χ0v) is 7.10. The first-order chi connectivity index (χ1) is 6.20. The molecule has 1 aliphatic rings. The zero-order valence-electron chi connectivity index (χ0n) is 7.10. The fourth-order valence-electron chi connectivity index (χ4n) is 1.34. The zero-order chi connectivity index (χ0) is 9.42. The molecule has 0 fully saturated rings. The van der Waals surface area contributed by atoms with E-state index in [-0.39, 0.29) is 5.91 Å². The van der Waals surface area contributed by atoms with Gasteiger partial charge in [0, 0.05) is 12.5 Å². The van der Waals surface area contributed by atoms with Gasteiger partial charge in [0.25, 0.3) is 0 Å². The highest BCUT2D eigenvalue weighted by Gasteiger charge is 2.30. The van der Waals surface area contributed by atoms with Gasteiger partial charge in [0.2, 0.25) is 12.2 Å². The van der Waals surface area contributed by atoms with Gasteiger partial charge in [-0.3, -0.25) is 4.79 Å². The molecule has 1 aliphatic heterocycles. The quantitative estimate of drug-likeness (QED) is 0.645. The highest BCUT2D eigenvalue weighted by molar-refractivity contribution is 5.91. The topological polar surface area (TPSA) is 49.8 Å². The minimum atomic E-state index is -1.03. The average Bonchev–Trinajstić information content (AvgIpc) is 2.45. The molecule has 0 aliphatic carbocycles. The molecular weight excluding hydrogens is 170 g/mol. The van der Waals surface area contributed by atoms with Crippen molar-refractivity contribution in [1.29, 1.82) is 0 Å². The van der Waals surface area contributed by atoms with Crippen LogP contribution in [0, 0.1) is 0 Å². The normalized spacial score (nSPS) is 20.2. The molecule has 4 nitrogen and oxygen atoms in total. The van der Waals surface area contributed by atoms with E-state index in [0.29, 0.717) is 11.3 Å². The summed E-state index contributed by atoms with van der Waals surface area (Å²) in [6.45, 7) is 1.38. The summed E-state index contributed by atoms with van der Waals surface area (Å²) in [6, 6.07) is 7.03. The first-order valence-corrected chi connectivity index (χ1v) is 3.94. The fourth-order valence-corrected chi connectivity index (χ4v) is 1.34. The van der Waals surface area contributed by atoms with Crippen molar-refractivity contribution >= 4 is 11.6 Å². The fraction of sp³-hybridized carbons (Fsp3) is 0.222. The summed E-state index contributed by atoms with van der Waals surface area (Å²) in [7, 11) is 0. The standard InChI is InChI=1S/C9H9NO3/c1-6(11)10-8-5-3-2-4-7(8)9(12)13-10/h2-5,9,12H,1H3. The second-order valence-electron chi connectivity index (χ2n) is 2.83. The minimum absolute atomic E-state index is 0.246. The maximum absolute atomic E-state index is 11.0. The van der Waals surface area contributed by atoms with Gasteiger partial charge in [-0.1, -0.05) is 18.2 Å². The van der Waals surface area contributed by atoms with Gasteiger partial charge in [-0.15, -0.1) is 0 Å². The Kier molecular flexibility index (Phi) is 1.79. The van der Waals surface area contributed by atoms with Crippen molar-refractivity contribution in [3.63, 3.8) is 0 Å². The van der Waals surface area contributed by atoms with Crippen molar-refractivity contribution < 1.29 is 14.7 Å². The lowest BCUT2D eigenvalue weighted by Crippen LogP contribution is -2.24. The second kappa shape index (κ2) is 2.83. The van der Waals surface area contributed by atoms with Gasteiger partial charge < -0.3 is 5.11 Å². The van der Waals surface area contributed by atoms with E-state index >= 15 is 0 Å². The number of hydroxylamine groups is 1. The molecule has 0 saturated carbocycles. The number of hydrogen-bond acceptors (Lipinski definition) is 3. The lowest BCUT2D eigenvalue weighted by molar-refractivity contribution is -0.139. The number of aliphatic hydroxyl groups is 1. The molecule has 0 saturated heterocycles. The molecule has 1 amide bonds. The van der Waals surface area contributed by atoms with Gasteiger partial charge in [-0.25, -0.2) is 4.84 Å². The third-order valence-electron chi connectivity index (χ3n) is 1.91. The predicted molar refractivity (Wildman–Crippen MR) is 45.6 cm³/mol. The summed E-state index contributed by atoms with van der Waals surface area (Å²) in [5.74, 6) is -0.246. The van der Waals surface area contributed by atoms with Gasteiger partial charge in [0.1, 0.15) is 0 Å². The van der Waals surface area contributed by atoms with Gasteiger partial charge >= 0.3 is 0 Å².